The van der Waals surface area contributed by atoms with Crippen molar-refractivity contribution in [3.05, 3.63) is 0 Å². The highest BCUT2D eigenvalue weighted by Gasteiger charge is 2.24. The lowest BCUT2D eigenvalue weighted by atomic mass is 10.2. The number of nitrogens with zero attached hydrogens (tertiary/aromatic N) is 2. The number of nitrogens with one attached hydrogen (secondary N) is 1. The van der Waals surface area contributed by atoms with E-state index in [-0.39, 0.29) is 12.5 Å². The zero-order valence-electron chi connectivity index (χ0n) is 15.4. The van der Waals surface area contributed by atoms with Crippen molar-refractivity contribution in [2.45, 2.75) is 45.1 Å². The van der Waals surface area contributed by atoms with Crippen LogP contribution in [0.2, 0.25) is 0 Å². The minimum Gasteiger partial charge on any atom is -0.481 e. The molecule has 0 heterocycles. The first-order valence-corrected chi connectivity index (χ1v) is 8.30. The molecule has 0 fully saturated rings. The summed E-state index contributed by atoms with van der Waals surface area (Å²) in [6.07, 6.45) is 2.22. The number of hydrogen-bond acceptors (Lipinski definition) is 5. The summed E-state index contributed by atoms with van der Waals surface area (Å²) in [4.78, 5) is 59.6. The monoisotopic (exact) mass is 373 g/mol. The molecule has 0 saturated carbocycles. The number of rotatable bonds is 12. The van der Waals surface area contributed by atoms with E-state index >= 15 is 0 Å². The number of carboxylic acid groups (broad SMARTS) is 2. The van der Waals surface area contributed by atoms with Gasteiger partial charge >= 0.3 is 11.9 Å². The Morgan fingerprint density at radius 1 is 0.923 bits per heavy atom. The summed E-state index contributed by atoms with van der Waals surface area (Å²) in [5, 5.41) is 19.6. The lowest BCUT2D eigenvalue weighted by Gasteiger charge is -2.22. The van der Waals surface area contributed by atoms with Crippen LogP contribution in [0, 0.1) is 0 Å². The first-order valence-electron chi connectivity index (χ1n) is 8.30. The minimum absolute atomic E-state index is 0.169. The maximum absolute atomic E-state index is 12.1. The van der Waals surface area contributed by atoms with Crippen LogP contribution in [-0.2, 0) is 24.0 Å². The Labute approximate surface area is 152 Å². The van der Waals surface area contributed by atoms with Gasteiger partial charge in [0.1, 0.15) is 6.04 Å². The lowest BCUT2D eigenvalue weighted by Crippen LogP contribution is -2.48. The van der Waals surface area contributed by atoms with Crippen LogP contribution < -0.4 is 5.32 Å². The summed E-state index contributed by atoms with van der Waals surface area (Å²) >= 11 is 0. The number of amides is 3. The van der Waals surface area contributed by atoms with Gasteiger partial charge in [-0.1, -0.05) is 19.8 Å². The molecule has 3 N–H and O–H groups in total. The molecule has 0 rings (SSSR count). The predicted octanol–water partition coefficient (Wildman–Crippen LogP) is -0.472. The number of unbranched alkanes of at least 4 members (excludes halogenated alkanes) is 2. The molecule has 0 aromatic heterocycles. The Balaban J connectivity index is 4.46. The van der Waals surface area contributed by atoms with Crippen molar-refractivity contribution in [3.63, 3.8) is 0 Å². The molecule has 3 amide bonds. The normalized spacial score (nSPS) is 11.3. The topological polar surface area (TPSA) is 144 Å². The zero-order chi connectivity index (χ0) is 20.3. The highest BCUT2D eigenvalue weighted by atomic mass is 16.4. The molecule has 0 unspecified atom stereocenters. The molecule has 1 atom stereocenters. The highest BCUT2D eigenvalue weighted by molar-refractivity contribution is 5.90. The Kier molecular flexibility index (Phi) is 10.6. The molecule has 0 aromatic carbocycles. The third kappa shape index (κ3) is 9.60. The van der Waals surface area contributed by atoms with Crippen molar-refractivity contribution in [2.75, 3.05) is 27.2 Å². The van der Waals surface area contributed by atoms with Crippen LogP contribution in [0.15, 0.2) is 0 Å². The number of carbonyl (C=O) groups is 5. The quantitative estimate of drug-likeness (QED) is 0.392. The zero-order valence-corrected chi connectivity index (χ0v) is 15.4. The third-order valence-corrected chi connectivity index (χ3v) is 3.61. The fraction of sp³-hybridized carbons (Fsp3) is 0.688. The number of hydrogen-bond donors (Lipinski definition) is 3. The molecule has 0 saturated heterocycles. The first kappa shape index (κ1) is 23.4. The van der Waals surface area contributed by atoms with Gasteiger partial charge in [0.2, 0.25) is 17.7 Å². The van der Waals surface area contributed by atoms with Crippen molar-refractivity contribution in [1.82, 2.24) is 15.1 Å². The molecule has 0 aliphatic carbocycles. The molecule has 26 heavy (non-hydrogen) atoms. The molecule has 0 radical (unpaired) electrons. The molecule has 0 aliphatic rings. The van der Waals surface area contributed by atoms with Crippen LogP contribution in [0.25, 0.3) is 0 Å². The summed E-state index contributed by atoms with van der Waals surface area (Å²) in [7, 11) is 2.83. The van der Waals surface area contributed by atoms with E-state index in [0.717, 1.165) is 24.2 Å². The first-order chi connectivity index (χ1) is 12.1. The second-order valence-corrected chi connectivity index (χ2v) is 6.01. The van der Waals surface area contributed by atoms with Crippen molar-refractivity contribution in [3.8, 4) is 0 Å². The summed E-state index contributed by atoms with van der Waals surface area (Å²) in [6, 6.07) is -1.58. The van der Waals surface area contributed by atoms with Crippen LogP contribution in [0.5, 0.6) is 0 Å². The summed E-state index contributed by atoms with van der Waals surface area (Å²) < 4.78 is 0. The van der Waals surface area contributed by atoms with Gasteiger partial charge in [-0.15, -0.1) is 0 Å². The van der Waals surface area contributed by atoms with Crippen LogP contribution in [0.3, 0.4) is 0 Å². The summed E-state index contributed by atoms with van der Waals surface area (Å²) in [5.74, 6) is -4.31. The molecule has 0 aliphatic heterocycles. The van der Waals surface area contributed by atoms with E-state index in [9.17, 15) is 24.0 Å². The van der Waals surface area contributed by atoms with Crippen LogP contribution >= 0.6 is 0 Å². The smallest absolute Gasteiger partial charge is 0.326 e. The highest BCUT2D eigenvalue weighted by Crippen LogP contribution is 2.02. The van der Waals surface area contributed by atoms with Crippen molar-refractivity contribution in [2.24, 2.45) is 0 Å². The van der Waals surface area contributed by atoms with Gasteiger partial charge < -0.3 is 25.3 Å². The molecule has 0 aromatic rings. The van der Waals surface area contributed by atoms with E-state index in [1.807, 2.05) is 6.92 Å². The standard InChI is InChI=1S/C16H27N3O7/c1-4-5-6-7-13(21)19(3)10-14(22)18(2)9-12(20)17-11(16(25)26)8-15(23)24/h11H,4-10H2,1-3H3,(H,17,20)(H,23,24)(H,25,26)/t11-/m0/s1. The van der Waals surface area contributed by atoms with E-state index in [1.54, 1.807) is 0 Å². The number of aliphatic carboxylic acids is 2. The molecule has 10 nitrogen and oxygen atoms in total. The van der Waals surface area contributed by atoms with Crippen LogP contribution in [0.1, 0.15) is 39.0 Å². The van der Waals surface area contributed by atoms with Crippen LogP contribution in [-0.4, -0.2) is 82.9 Å². The number of carbonyl (C=O) groups excluding carboxylic acids is 3. The van der Waals surface area contributed by atoms with Crippen molar-refractivity contribution < 1.29 is 34.2 Å². The predicted molar refractivity (Wildman–Crippen MR) is 91.2 cm³/mol. The Bertz CT molecular complexity index is 536. The van der Waals surface area contributed by atoms with Gasteiger partial charge in [0.25, 0.3) is 0 Å². The van der Waals surface area contributed by atoms with Gasteiger partial charge in [-0.3, -0.25) is 19.2 Å². The Morgan fingerprint density at radius 2 is 1.50 bits per heavy atom. The molecular weight excluding hydrogens is 346 g/mol. The van der Waals surface area contributed by atoms with Gasteiger partial charge in [-0.25, -0.2) is 4.79 Å². The average molecular weight is 373 g/mol. The molecule has 10 heteroatoms. The SMILES string of the molecule is CCCCCC(=O)N(C)CC(=O)N(C)CC(=O)N[C@@H](CC(=O)O)C(=O)O. The second kappa shape index (κ2) is 11.8. The van der Waals surface area contributed by atoms with E-state index in [2.05, 4.69) is 5.32 Å². The molecule has 148 valence electrons. The molecule has 0 spiro atoms. The largest absolute Gasteiger partial charge is 0.481 e. The second-order valence-electron chi connectivity index (χ2n) is 6.01. The van der Waals surface area contributed by atoms with Gasteiger partial charge in [0, 0.05) is 20.5 Å². The summed E-state index contributed by atoms with van der Waals surface area (Å²) in [6.45, 7) is 1.37. The lowest BCUT2D eigenvalue weighted by molar-refractivity contribution is -0.147. The van der Waals surface area contributed by atoms with E-state index in [1.165, 1.54) is 19.0 Å². The van der Waals surface area contributed by atoms with Gasteiger partial charge in [0.05, 0.1) is 19.5 Å². The third-order valence-electron chi connectivity index (χ3n) is 3.61. The Hall–Kier alpha value is -2.65. The molecule has 0 bridgehead atoms. The van der Waals surface area contributed by atoms with E-state index in [0.29, 0.717) is 6.42 Å². The van der Waals surface area contributed by atoms with Crippen molar-refractivity contribution >= 4 is 29.7 Å². The fourth-order valence-electron chi connectivity index (χ4n) is 2.05. The fourth-order valence-corrected chi connectivity index (χ4v) is 2.05. The maximum Gasteiger partial charge on any atom is 0.326 e. The van der Waals surface area contributed by atoms with E-state index < -0.39 is 42.8 Å². The van der Waals surface area contributed by atoms with Crippen LogP contribution in [0.4, 0.5) is 0 Å². The van der Waals surface area contributed by atoms with Gasteiger partial charge in [-0.2, -0.15) is 0 Å². The minimum atomic E-state index is -1.58. The van der Waals surface area contributed by atoms with Gasteiger partial charge in [-0.05, 0) is 6.42 Å². The van der Waals surface area contributed by atoms with Crippen molar-refractivity contribution in [1.29, 1.82) is 0 Å². The van der Waals surface area contributed by atoms with E-state index in [4.69, 9.17) is 10.2 Å². The molecular formula is C16H27N3O7. The maximum atomic E-state index is 12.1. The number of carboxylic acids is 2. The van der Waals surface area contributed by atoms with Gasteiger partial charge in [0.15, 0.2) is 0 Å². The average Bonchev–Trinajstić information content (AvgIpc) is 2.53. The Morgan fingerprint density at radius 3 is 2.00 bits per heavy atom. The summed E-state index contributed by atoms with van der Waals surface area (Å²) in [5.41, 5.74) is 0. The number of likely N-dealkylation sites (N-methyl/N-ethyl adjacent to an activating group) is 2.